The molecule has 1 aliphatic carbocycles. The first kappa shape index (κ1) is 19.0. The van der Waals surface area contributed by atoms with Crippen LogP contribution in [0.1, 0.15) is 55.4 Å². The number of ether oxygens (including phenoxy) is 1. The lowest BCUT2D eigenvalue weighted by molar-refractivity contribution is 0.191. The molecule has 0 fully saturated rings. The van der Waals surface area contributed by atoms with E-state index in [-0.39, 0.29) is 10.8 Å². The summed E-state index contributed by atoms with van der Waals surface area (Å²) >= 11 is 0. The molecule has 20 heavy (non-hydrogen) atoms. The van der Waals surface area contributed by atoms with Gasteiger partial charge in [0.15, 0.2) is 0 Å². The van der Waals surface area contributed by atoms with Crippen molar-refractivity contribution in [3.05, 3.63) is 35.1 Å². The van der Waals surface area contributed by atoms with Crippen LogP contribution >= 0.6 is 0 Å². The minimum Gasteiger partial charge on any atom is -0.504 e. The highest BCUT2D eigenvalue weighted by atomic mass is 16.5. The molecule has 1 aliphatic rings. The van der Waals surface area contributed by atoms with Gasteiger partial charge in [0.1, 0.15) is 0 Å². The molecule has 0 saturated carbocycles. The van der Waals surface area contributed by atoms with E-state index < -0.39 is 6.10 Å². The molecular weight excluding hydrogens is 248 g/mol. The minimum absolute atomic E-state index is 0.0585. The molecule has 2 nitrogen and oxygen atoms in total. The number of aliphatic hydroxyl groups is 1. The lowest BCUT2D eigenvalue weighted by Crippen LogP contribution is -2.31. The molecule has 1 rings (SSSR count). The van der Waals surface area contributed by atoms with E-state index in [0.29, 0.717) is 0 Å². The fraction of sp³-hybridized carbons (Fsp3) is 0.667. The van der Waals surface area contributed by atoms with Gasteiger partial charge in [0, 0.05) is 5.57 Å². The Hall–Kier alpha value is -1.02. The normalized spacial score (nSPS) is 19.5. The smallest absolute Gasteiger partial charge is 0.0977 e. The average molecular weight is 280 g/mol. The van der Waals surface area contributed by atoms with Gasteiger partial charge in [0.05, 0.1) is 19.5 Å². The van der Waals surface area contributed by atoms with Crippen molar-refractivity contribution in [2.24, 2.45) is 10.8 Å². The van der Waals surface area contributed by atoms with Crippen molar-refractivity contribution >= 4 is 0 Å². The Morgan fingerprint density at radius 1 is 0.950 bits per heavy atom. The van der Waals surface area contributed by atoms with E-state index in [1.165, 1.54) is 0 Å². The lowest BCUT2D eigenvalue weighted by Gasteiger charge is -2.37. The van der Waals surface area contributed by atoms with Crippen molar-refractivity contribution in [2.45, 2.75) is 61.5 Å². The number of hydrogen-bond donors (Lipinski definition) is 1. The summed E-state index contributed by atoms with van der Waals surface area (Å²) in [6.45, 7) is 16.7. The summed E-state index contributed by atoms with van der Waals surface area (Å²) in [6.07, 6.45) is 5.29. The topological polar surface area (TPSA) is 29.5 Å². The predicted octanol–water partition coefficient (Wildman–Crippen LogP) is 4.86. The first-order valence-electron chi connectivity index (χ1n) is 7.42. The van der Waals surface area contributed by atoms with E-state index in [1.54, 1.807) is 13.4 Å². The molecule has 0 spiro atoms. The molecule has 0 heterocycles. The first-order valence-corrected chi connectivity index (χ1v) is 7.42. The summed E-state index contributed by atoms with van der Waals surface area (Å²) in [5.41, 5.74) is 2.97. The maximum Gasteiger partial charge on any atom is 0.0977 e. The van der Waals surface area contributed by atoms with Gasteiger partial charge < -0.3 is 9.84 Å². The zero-order valence-corrected chi connectivity index (χ0v) is 14.7. The van der Waals surface area contributed by atoms with Crippen LogP contribution in [0.3, 0.4) is 0 Å². The third-order valence-corrected chi connectivity index (χ3v) is 3.22. The van der Waals surface area contributed by atoms with Crippen LogP contribution in [-0.2, 0) is 4.74 Å². The number of hydrogen-bond acceptors (Lipinski definition) is 2. The van der Waals surface area contributed by atoms with Crippen molar-refractivity contribution < 1.29 is 9.84 Å². The second-order valence-corrected chi connectivity index (χ2v) is 6.96. The van der Waals surface area contributed by atoms with Crippen molar-refractivity contribution in [2.75, 3.05) is 7.11 Å². The van der Waals surface area contributed by atoms with Crippen LogP contribution in [-0.4, -0.2) is 18.3 Å². The summed E-state index contributed by atoms with van der Waals surface area (Å²) in [5.74, 6) is 0. The monoisotopic (exact) mass is 280 g/mol. The van der Waals surface area contributed by atoms with Crippen LogP contribution in [0.2, 0.25) is 0 Å². The van der Waals surface area contributed by atoms with Crippen molar-refractivity contribution in [3.8, 4) is 0 Å². The molecule has 0 radical (unpaired) electrons. The van der Waals surface area contributed by atoms with Gasteiger partial charge in [-0.1, -0.05) is 55.4 Å². The Morgan fingerprint density at radius 3 is 1.55 bits per heavy atom. The van der Waals surface area contributed by atoms with E-state index in [0.717, 1.165) is 16.7 Å². The van der Waals surface area contributed by atoms with E-state index in [9.17, 15) is 5.11 Å². The zero-order valence-electron chi connectivity index (χ0n) is 14.7. The maximum atomic E-state index is 10.6. The molecule has 0 aromatic carbocycles. The Labute approximate surface area is 125 Å². The summed E-state index contributed by atoms with van der Waals surface area (Å²) < 4.78 is 5.11. The van der Waals surface area contributed by atoms with Gasteiger partial charge in [-0.3, -0.25) is 0 Å². The van der Waals surface area contributed by atoms with Gasteiger partial charge >= 0.3 is 0 Å². The number of methoxy groups -OCH3 is 1. The quantitative estimate of drug-likeness (QED) is 0.695. The molecule has 0 atom stereocenters. The van der Waals surface area contributed by atoms with Crippen molar-refractivity contribution in [3.63, 3.8) is 0 Å². The summed E-state index contributed by atoms with van der Waals surface area (Å²) in [5, 5.41) is 10.6. The largest absolute Gasteiger partial charge is 0.504 e. The highest BCUT2D eigenvalue weighted by Crippen LogP contribution is 2.41. The summed E-state index contributed by atoms with van der Waals surface area (Å²) in [7, 11) is 1.65. The zero-order chi connectivity index (χ0) is 16.1. The summed E-state index contributed by atoms with van der Waals surface area (Å²) in [4.78, 5) is 0. The third kappa shape index (κ3) is 4.82. The van der Waals surface area contributed by atoms with Gasteiger partial charge in [-0.2, -0.15) is 0 Å². The van der Waals surface area contributed by atoms with Gasteiger partial charge in [0.2, 0.25) is 0 Å². The predicted molar refractivity (Wildman–Crippen MR) is 87.5 cm³/mol. The van der Waals surface area contributed by atoms with Gasteiger partial charge in [-0.15, -0.1) is 0 Å². The number of allylic oxidation sites excluding steroid dienone is 3. The van der Waals surface area contributed by atoms with Crippen molar-refractivity contribution in [1.29, 1.82) is 0 Å². The molecule has 2 heteroatoms. The van der Waals surface area contributed by atoms with Crippen LogP contribution in [0.5, 0.6) is 0 Å². The molecule has 116 valence electrons. The fourth-order valence-electron chi connectivity index (χ4n) is 2.18. The van der Waals surface area contributed by atoms with Crippen LogP contribution < -0.4 is 0 Å². The molecule has 0 amide bonds. The van der Waals surface area contributed by atoms with Crippen molar-refractivity contribution in [1.82, 2.24) is 0 Å². The standard InChI is InChI=1S/C16H26O2.C2H6/c1-15(2,3)12-8-11(10-18-7)9-13(14(12)17)16(4,5)6;1-2/h8-10,14,17H,1-7H3;1-2H3. The van der Waals surface area contributed by atoms with Crippen LogP contribution in [0.15, 0.2) is 35.1 Å². The number of aliphatic hydroxyl groups excluding tert-OH is 1. The van der Waals surface area contributed by atoms with Crippen LogP contribution in [0.4, 0.5) is 0 Å². The second-order valence-electron chi connectivity index (χ2n) is 6.96. The van der Waals surface area contributed by atoms with Gasteiger partial charge in [-0.05, 0) is 34.1 Å². The molecular formula is C18H32O2. The first-order chi connectivity index (χ1) is 9.07. The third-order valence-electron chi connectivity index (χ3n) is 3.22. The maximum absolute atomic E-state index is 10.6. The van der Waals surface area contributed by atoms with E-state index in [2.05, 4.69) is 41.5 Å². The Bertz CT molecular complexity index is 364. The van der Waals surface area contributed by atoms with Crippen LogP contribution in [0, 0.1) is 10.8 Å². The molecule has 0 aromatic heterocycles. The molecule has 0 aromatic rings. The van der Waals surface area contributed by atoms with E-state index >= 15 is 0 Å². The highest BCUT2D eigenvalue weighted by Gasteiger charge is 2.34. The lowest BCUT2D eigenvalue weighted by atomic mass is 9.71. The molecule has 1 N–H and O–H groups in total. The average Bonchev–Trinajstić information content (AvgIpc) is 2.31. The van der Waals surface area contributed by atoms with Gasteiger partial charge in [-0.25, -0.2) is 0 Å². The van der Waals surface area contributed by atoms with E-state index in [4.69, 9.17) is 4.74 Å². The Kier molecular flexibility index (Phi) is 6.76. The second kappa shape index (κ2) is 7.12. The molecule has 0 unspecified atom stereocenters. The number of rotatable bonds is 1. The molecule has 0 aliphatic heterocycles. The molecule has 0 saturated heterocycles. The SMILES string of the molecule is CC.COC=C1C=C(C(C)(C)C)C(O)C(C(C)(C)C)=C1. The fourth-order valence-corrected chi connectivity index (χ4v) is 2.18. The minimum atomic E-state index is -0.501. The highest BCUT2D eigenvalue weighted by molar-refractivity contribution is 5.48. The molecule has 0 bridgehead atoms. The Balaban J connectivity index is 0.00000172. The van der Waals surface area contributed by atoms with E-state index in [1.807, 2.05) is 26.0 Å². The van der Waals surface area contributed by atoms with Crippen LogP contribution in [0.25, 0.3) is 0 Å². The summed E-state index contributed by atoms with van der Waals surface area (Å²) in [6, 6.07) is 0. The Morgan fingerprint density at radius 2 is 1.30 bits per heavy atom. The van der Waals surface area contributed by atoms with Gasteiger partial charge in [0.25, 0.3) is 0 Å².